The molecule has 1 fully saturated rings. The molecule has 3 atom stereocenters. The van der Waals surface area contributed by atoms with Gasteiger partial charge in [-0.05, 0) is 5.56 Å². The van der Waals surface area contributed by atoms with Gasteiger partial charge >= 0.3 is 5.97 Å². The average Bonchev–Trinajstić information content (AvgIpc) is 3.22. The van der Waals surface area contributed by atoms with Crippen LogP contribution in [0.5, 0.6) is 0 Å². The first kappa shape index (κ1) is 16.6. The third-order valence-electron chi connectivity index (χ3n) is 3.91. The molecule has 0 spiro atoms. The first-order valence-electron chi connectivity index (χ1n) is 7.60. The third kappa shape index (κ3) is 3.45. The van der Waals surface area contributed by atoms with E-state index in [9.17, 15) is 9.90 Å². The monoisotopic (exact) mass is 333 g/mol. The second-order valence-electron chi connectivity index (χ2n) is 5.45. The molecule has 2 aromatic rings. The molecule has 0 aliphatic carbocycles. The number of benzene rings is 1. The van der Waals surface area contributed by atoms with Crippen LogP contribution in [0.15, 0.2) is 36.7 Å². The lowest BCUT2D eigenvalue weighted by Crippen LogP contribution is -2.33. The zero-order valence-corrected chi connectivity index (χ0v) is 13.2. The fraction of sp³-hybridized carbons (Fsp3) is 0.438. The van der Waals surface area contributed by atoms with E-state index >= 15 is 0 Å². The van der Waals surface area contributed by atoms with E-state index in [1.54, 1.807) is 0 Å². The number of aliphatic hydroxyl groups excluding tert-OH is 1. The van der Waals surface area contributed by atoms with E-state index in [0.717, 1.165) is 5.56 Å². The number of nitrogens with zero attached hydrogens (tertiary/aromatic N) is 3. The Morgan fingerprint density at radius 3 is 2.96 bits per heavy atom. The topological polar surface area (TPSA) is 95.7 Å². The van der Waals surface area contributed by atoms with Crippen LogP contribution in [-0.4, -0.2) is 58.4 Å². The van der Waals surface area contributed by atoms with Crippen LogP contribution >= 0.6 is 0 Å². The lowest BCUT2D eigenvalue weighted by atomic mass is 10.1. The summed E-state index contributed by atoms with van der Waals surface area (Å²) in [6, 6.07) is 9.24. The molecule has 128 valence electrons. The van der Waals surface area contributed by atoms with Crippen molar-refractivity contribution in [2.75, 3.05) is 20.3 Å². The number of rotatable bonds is 6. The number of aromatic nitrogens is 3. The minimum absolute atomic E-state index is 0.0380. The van der Waals surface area contributed by atoms with Crippen molar-refractivity contribution in [1.82, 2.24) is 14.8 Å². The molecule has 1 saturated heterocycles. The Morgan fingerprint density at radius 1 is 1.42 bits per heavy atom. The van der Waals surface area contributed by atoms with Gasteiger partial charge in [0.05, 0.1) is 26.9 Å². The maximum absolute atomic E-state index is 11.7. The highest BCUT2D eigenvalue weighted by atomic mass is 16.5. The van der Waals surface area contributed by atoms with Crippen molar-refractivity contribution in [3.8, 4) is 0 Å². The summed E-state index contributed by atoms with van der Waals surface area (Å²) in [5.74, 6) is -0.570. The van der Waals surface area contributed by atoms with E-state index in [-0.39, 0.29) is 19.0 Å². The summed E-state index contributed by atoms with van der Waals surface area (Å²) in [6.07, 6.45) is -0.0997. The van der Waals surface area contributed by atoms with E-state index in [1.165, 1.54) is 18.1 Å². The van der Waals surface area contributed by atoms with Crippen LogP contribution in [0, 0.1) is 0 Å². The van der Waals surface area contributed by atoms with Crippen molar-refractivity contribution < 1.29 is 24.1 Å². The Hall–Kier alpha value is -2.29. The molecule has 2 heterocycles. The van der Waals surface area contributed by atoms with Gasteiger partial charge in [0.25, 0.3) is 0 Å². The summed E-state index contributed by atoms with van der Waals surface area (Å²) in [5.41, 5.74) is 1.05. The Kier molecular flexibility index (Phi) is 5.19. The molecule has 0 saturated carbocycles. The Bertz CT molecular complexity index is 675. The SMILES string of the molecule is COC(=O)c1ncnn1[C@@H]1CO[C@H](COCc2ccccc2)[C@@H]1O. The van der Waals surface area contributed by atoms with Gasteiger partial charge in [-0.25, -0.2) is 14.5 Å². The van der Waals surface area contributed by atoms with Crippen LogP contribution < -0.4 is 0 Å². The normalized spacial score (nSPS) is 23.3. The van der Waals surface area contributed by atoms with E-state index in [1.807, 2.05) is 30.3 Å². The fourth-order valence-electron chi connectivity index (χ4n) is 2.63. The lowest BCUT2D eigenvalue weighted by molar-refractivity contribution is -0.0304. The van der Waals surface area contributed by atoms with Gasteiger partial charge in [0.15, 0.2) is 0 Å². The van der Waals surface area contributed by atoms with Gasteiger partial charge in [-0.1, -0.05) is 30.3 Å². The van der Waals surface area contributed by atoms with Crippen molar-refractivity contribution in [1.29, 1.82) is 0 Å². The number of carbonyl (C=O) groups excluding carboxylic acids is 1. The van der Waals surface area contributed by atoms with E-state index in [4.69, 9.17) is 9.47 Å². The second-order valence-corrected chi connectivity index (χ2v) is 5.45. The zero-order valence-electron chi connectivity index (χ0n) is 13.2. The van der Waals surface area contributed by atoms with Crippen LogP contribution in [0.25, 0.3) is 0 Å². The maximum Gasteiger partial charge on any atom is 0.375 e. The van der Waals surface area contributed by atoms with Crippen molar-refractivity contribution >= 4 is 5.97 Å². The summed E-state index contributed by atoms with van der Waals surface area (Å²) in [5, 5.41) is 14.5. The van der Waals surface area contributed by atoms with Crippen LogP contribution in [0.1, 0.15) is 22.2 Å². The maximum atomic E-state index is 11.7. The number of carbonyl (C=O) groups is 1. The second kappa shape index (κ2) is 7.52. The summed E-state index contributed by atoms with van der Waals surface area (Å²) in [6.45, 7) is 0.900. The highest BCUT2D eigenvalue weighted by molar-refractivity contribution is 5.85. The van der Waals surface area contributed by atoms with Crippen LogP contribution in [-0.2, 0) is 20.8 Å². The molecule has 0 unspecified atom stereocenters. The summed E-state index contributed by atoms with van der Waals surface area (Å²) in [7, 11) is 1.27. The predicted molar refractivity (Wildman–Crippen MR) is 82.2 cm³/mol. The third-order valence-corrected chi connectivity index (χ3v) is 3.91. The molecular weight excluding hydrogens is 314 g/mol. The highest BCUT2D eigenvalue weighted by Crippen LogP contribution is 2.26. The number of hydrogen-bond acceptors (Lipinski definition) is 7. The quantitative estimate of drug-likeness (QED) is 0.773. The van der Waals surface area contributed by atoms with Crippen molar-refractivity contribution in [2.24, 2.45) is 0 Å². The van der Waals surface area contributed by atoms with Crippen LogP contribution in [0.2, 0.25) is 0 Å². The van der Waals surface area contributed by atoms with Crippen LogP contribution in [0.3, 0.4) is 0 Å². The zero-order chi connectivity index (χ0) is 16.9. The summed E-state index contributed by atoms with van der Waals surface area (Å²) in [4.78, 5) is 15.5. The molecule has 1 N–H and O–H groups in total. The van der Waals surface area contributed by atoms with Gasteiger partial charge < -0.3 is 19.3 Å². The summed E-state index contributed by atoms with van der Waals surface area (Å²) >= 11 is 0. The van der Waals surface area contributed by atoms with Crippen molar-refractivity contribution in [3.05, 3.63) is 48.0 Å². The van der Waals surface area contributed by atoms with Crippen molar-refractivity contribution in [3.63, 3.8) is 0 Å². The standard InChI is InChI=1S/C16H19N3O5/c1-22-16(21)15-17-10-18-19(15)12-8-24-13(14(12)20)9-23-7-11-5-3-2-4-6-11/h2-6,10,12-14,20H,7-9H2,1H3/t12-,13-,14-/m1/s1. The van der Waals surface area contributed by atoms with Gasteiger partial charge in [0, 0.05) is 0 Å². The number of ether oxygens (including phenoxy) is 3. The summed E-state index contributed by atoms with van der Waals surface area (Å²) < 4.78 is 17.2. The van der Waals surface area contributed by atoms with Gasteiger partial charge in [0.2, 0.25) is 5.82 Å². The Morgan fingerprint density at radius 2 is 2.21 bits per heavy atom. The molecule has 0 bridgehead atoms. The average molecular weight is 333 g/mol. The molecular formula is C16H19N3O5. The lowest BCUT2D eigenvalue weighted by Gasteiger charge is -2.18. The van der Waals surface area contributed by atoms with Gasteiger partial charge in [0.1, 0.15) is 24.6 Å². The molecule has 0 radical (unpaired) electrons. The largest absolute Gasteiger partial charge is 0.463 e. The molecule has 1 aromatic carbocycles. The molecule has 8 heteroatoms. The van der Waals surface area contributed by atoms with Gasteiger partial charge in [-0.3, -0.25) is 0 Å². The van der Waals surface area contributed by atoms with E-state index in [0.29, 0.717) is 6.61 Å². The minimum atomic E-state index is -0.856. The molecule has 0 amide bonds. The van der Waals surface area contributed by atoms with E-state index < -0.39 is 24.2 Å². The fourth-order valence-corrected chi connectivity index (χ4v) is 2.63. The van der Waals surface area contributed by atoms with Crippen LogP contribution in [0.4, 0.5) is 0 Å². The molecule has 1 aliphatic rings. The van der Waals surface area contributed by atoms with Gasteiger partial charge in [-0.15, -0.1) is 0 Å². The number of esters is 1. The molecule has 8 nitrogen and oxygen atoms in total. The molecule has 1 aromatic heterocycles. The Balaban J connectivity index is 1.58. The minimum Gasteiger partial charge on any atom is -0.463 e. The highest BCUT2D eigenvalue weighted by Gasteiger charge is 2.39. The smallest absolute Gasteiger partial charge is 0.375 e. The number of methoxy groups -OCH3 is 1. The van der Waals surface area contributed by atoms with Gasteiger partial charge in [-0.2, -0.15) is 5.10 Å². The molecule has 24 heavy (non-hydrogen) atoms. The number of hydrogen-bond donors (Lipinski definition) is 1. The Labute approximate surface area is 139 Å². The molecule has 1 aliphatic heterocycles. The molecule has 3 rings (SSSR count). The van der Waals surface area contributed by atoms with Crippen molar-refractivity contribution in [2.45, 2.75) is 24.9 Å². The van der Waals surface area contributed by atoms with E-state index in [2.05, 4.69) is 14.8 Å². The number of aliphatic hydroxyl groups is 1. The predicted octanol–water partition coefficient (Wildman–Crippen LogP) is 0.582. The first-order valence-corrected chi connectivity index (χ1v) is 7.60. The first-order chi connectivity index (χ1) is 11.7.